The summed E-state index contributed by atoms with van der Waals surface area (Å²) in [7, 11) is 1.87. The van der Waals surface area contributed by atoms with Crippen LogP contribution in [0.4, 0.5) is 0 Å². The van der Waals surface area contributed by atoms with Crippen LogP contribution in [0.3, 0.4) is 0 Å². The van der Waals surface area contributed by atoms with Crippen molar-refractivity contribution in [2.75, 3.05) is 0 Å². The first kappa shape index (κ1) is 12.6. The monoisotopic (exact) mass is 314 g/mol. The molecule has 3 N–H and O–H groups in total. The van der Waals surface area contributed by atoms with Gasteiger partial charge in [-0.2, -0.15) is 5.10 Å². The van der Waals surface area contributed by atoms with Gasteiger partial charge in [-0.15, -0.1) is 0 Å². The third-order valence-corrected chi connectivity index (χ3v) is 3.42. The summed E-state index contributed by atoms with van der Waals surface area (Å²) in [6.07, 6.45) is 3.71. The van der Waals surface area contributed by atoms with Crippen LogP contribution in [0.25, 0.3) is 0 Å². The van der Waals surface area contributed by atoms with E-state index in [4.69, 9.17) is 17.4 Å². The van der Waals surface area contributed by atoms with Crippen molar-refractivity contribution in [2.45, 2.75) is 6.04 Å². The van der Waals surface area contributed by atoms with Gasteiger partial charge in [-0.05, 0) is 17.7 Å². The number of aryl methyl sites for hydroxylation is 1. The van der Waals surface area contributed by atoms with Gasteiger partial charge in [-0.3, -0.25) is 10.5 Å². The molecule has 1 unspecified atom stereocenters. The van der Waals surface area contributed by atoms with Gasteiger partial charge in [0.2, 0.25) is 0 Å². The van der Waals surface area contributed by atoms with E-state index in [2.05, 4.69) is 26.5 Å². The zero-order chi connectivity index (χ0) is 12.4. The van der Waals surface area contributed by atoms with Crippen LogP contribution in [0.1, 0.15) is 17.2 Å². The third kappa shape index (κ3) is 2.69. The first-order valence-electron chi connectivity index (χ1n) is 5.01. The lowest BCUT2D eigenvalue weighted by atomic mass is 10.0. The van der Waals surface area contributed by atoms with Crippen molar-refractivity contribution in [3.05, 3.63) is 51.2 Å². The van der Waals surface area contributed by atoms with Gasteiger partial charge in [-0.25, -0.2) is 5.43 Å². The molecule has 1 heterocycles. The van der Waals surface area contributed by atoms with E-state index in [1.165, 1.54) is 0 Å². The number of hydrogen-bond donors (Lipinski definition) is 2. The molecular formula is C11H12BrClN4. The number of rotatable bonds is 3. The Kier molecular flexibility index (Phi) is 3.83. The first-order chi connectivity index (χ1) is 8.11. The van der Waals surface area contributed by atoms with Gasteiger partial charge >= 0.3 is 0 Å². The van der Waals surface area contributed by atoms with Crippen LogP contribution < -0.4 is 11.3 Å². The highest BCUT2D eigenvalue weighted by Gasteiger charge is 2.16. The minimum Gasteiger partial charge on any atom is -0.275 e. The fourth-order valence-electron chi connectivity index (χ4n) is 1.69. The van der Waals surface area contributed by atoms with Crippen molar-refractivity contribution < 1.29 is 0 Å². The highest BCUT2D eigenvalue weighted by atomic mass is 79.9. The maximum atomic E-state index is 5.92. The number of nitrogens with zero attached hydrogens (tertiary/aromatic N) is 2. The second kappa shape index (κ2) is 5.18. The molecule has 6 heteroatoms. The van der Waals surface area contributed by atoms with E-state index < -0.39 is 0 Å². The Hall–Kier alpha value is -0.880. The van der Waals surface area contributed by atoms with Crippen molar-refractivity contribution in [1.29, 1.82) is 0 Å². The van der Waals surface area contributed by atoms with E-state index >= 15 is 0 Å². The quantitative estimate of drug-likeness (QED) is 0.675. The Balaban J connectivity index is 2.42. The van der Waals surface area contributed by atoms with E-state index in [1.54, 1.807) is 10.9 Å². The molecule has 0 saturated heterocycles. The summed E-state index contributed by atoms with van der Waals surface area (Å²) in [5, 5.41) is 4.82. The molecule has 1 atom stereocenters. The molecule has 2 rings (SSSR count). The Morgan fingerprint density at radius 1 is 1.53 bits per heavy atom. The molecule has 17 heavy (non-hydrogen) atoms. The fraction of sp³-hybridized carbons (Fsp3) is 0.182. The third-order valence-electron chi connectivity index (χ3n) is 2.50. The van der Waals surface area contributed by atoms with Crippen molar-refractivity contribution in [3.8, 4) is 0 Å². The molecule has 0 fully saturated rings. The zero-order valence-electron chi connectivity index (χ0n) is 9.19. The van der Waals surface area contributed by atoms with Crippen LogP contribution in [-0.2, 0) is 7.05 Å². The Morgan fingerprint density at radius 3 is 2.82 bits per heavy atom. The summed E-state index contributed by atoms with van der Waals surface area (Å²) in [5.74, 6) is 5.61. The van der Waals surface area contributed by atoms with Gasteiger partial charge in [0.05, 0.1) is 12.2 Å². The van der Waals surface area contributed by atoms with Gasteiger partial charge in [0.1, 0.15) is 0 Å². The Bertz CT molecular complexity index is 526. The number of nitrogens with one attached hydrogen (secondary N) is 1. The molecule has 0 aliphatic rings. The summed E-state index contributed by atoms with van der Waals surface area (Å²) in [6.45, 7) is 0. The molecule has 0 amide bonds. The standard InChI is InChI=1S/C11H12BrClN4/c1-17-6-7(5-15-17)11(16-14)9-3-2-8(13)4-10(9)12/h2-6,11,16H,14H2,1H3. The van der Waals surface area contributed by atoms with Crippen molar-refractivity contribution >= 4 is 27.5 Å². The second-order valence-electron chi connectivity index (χ2n) is 3.71. The average molecular weight is 316 g/mol. The average Bonchev–Trinajstić information content (AvgIpc) is 2.69. The zero-order valence-corrected chi connectivity index (χ0v) is 11.5. The number of hydrazine groups is 1. The van der Waals surface area contributed by atoms with Crippen LogP contribution >= 0.6 is 27.5 Å². The minimum absolute atomic E-state index is 0.115. The fourth-order valence-corrected chi connectivity index (χ4v) is 2.60. The summed E-state index contributed by atoms with van der Waals surface area (Å²) in [6, 6.07) is 5.50. The van der Waals surface area contributed by atoms with Gasteiger partial charge in [0, 0.05) is 28.3 Å². The predicted octanol–water partition coefficient (Wildman–Crippen LogP) is 2.39. The molecule has 0 aliphatic carbocycles. The Morgan fingerprint density at radius 2 is 2.29 bits per heavy atom. The Labute approximate surface area is 113 Å². The van der Waals surface area contributed by atoms with Gasteiger partial charge in [0.15, 0.2) is 0 Å². The molecule has 0 radical (unpaired) electrons. The van der Waals surface area contributed by atoms with Crippen LogP contribution in [0.15, 0.2) is 35.1 Å². The molecule has 0 saturated carbocycles. The molecule has 0 aliphatic heterocycles. The lowest BCUT2D eigenvalue weighted by molar-refractivity contribution is 0.633. The van der Waals surface area contributed by atoms with E-state index in [1.807, 2.05) is 31.4 Å². The summed E-state index contributed by atoms with van der Waals surface area (Å²) >= 11 is 9.40. The van der Waals surface area contributed by atoms with Gasteiger partial charge < -0.3 is 0 Å². The van der Waals surface area contributed by atoms with E-state index in [9.17, 15) is 0 Å². The topological polar surface area (TPSA) is 55.9 Å². The van der Waals surface area contributed by atoms with Crippen molar-refractivity contribution in [3.63, 3.8) is 0 Å². The van der Waals surface area contributed by atoms with Crippen molar-refractivity contribution in [1.82, 2.24) is 15.2 Å². The van der Waals surface area contributed by atoms with E-state index in [-0.39, 0.29) is 6.04 Å². The normalized spacial score (nSPS) is 12.7. The van der Waals surface area contributed by atoms with Crippen LogP contribution in [-0.4, -0.2) is 9.78 Å². The van der Waals surface area contributed by atoms with Crippen LogP contribution in [0.5, 0.6) is 0 Å². The summed E-state index contributed by atoms with van der Waals surface area (Å²) in [4.78, 5) is 0. The van der Waals surface area contributed by atoms with Gasteiger partial charge in [-0.1, -0.05) is 33.6 Å². The number of hydrogen-bond acceptors (Lipinski definition) is 3. The molecule has 4 nitrogen and oxygen atoms in total. The highest BCUT2D eigenvalue weighted by molar-refractivity contribution is 9.10. The molecule has 1 aromatic heterocycles. The second-order valence-corrected chi connectivity index (χ2v) is 5.00. The molecular weight excluding hydrogens is 304 g/mol. The van der Waals surface area contributed by atoms with Gasteiger partial charge in [0.25, 0.3) is 0 Å². The first-order valence-corrected chi connectivity index (χ1v) is 6.18. The maximum absolute atomic E-state index is 5.92. The van der Waals surface area contributed by atoms with E-state index in [0.29, 0.717) is 5.02 Å². The summed E-state index contributed by atoms with van der Waals surface area (Å²) in [5.41, 5.74) is 4.80. The molecule has 0 spiro atoms. The minimum atomic E-state index is -0.115. The number of benzene rings is 1. The summed E-state index contributed by atoms with van der Waals surface area (Å²) < 4.78 is 2.65. The lowest BCUT2D eigenvalue weighted by Gasteiger charge is -2.16. The number of halogens is 2. The molecule has 2 aromatic rings. The predicted molar refractivity (Wildman–Crippen MR) is 71.5 cm³/mol. The van der Waals surface area contributed by atoms with Crippen LogP contribution in [0.2, 0.25) is 5.02 Å². The maximum Gasteiger partial charge on any atom is 0.0751 e. The molecule has 0 bridgehead atoms. The smallest absolute Gasteiger partial charge is 0.0751 e. The van der Waals surface area contributed by atoms with Crippen LogP contribution in [0, 0.1) is 0 Å². The molecule has 1 aromatic carbocycles. The van der Waals surface area contributed by atoms with E-state index in [0.717, 1.165) is 15.6 Å². The van der Waals surface area contributed by atoms with Crippen molar-refractivity contribution in [2.24, 2.45) is 12.9 Å². The largest absolute Gasteiger partial charge is 0.275 e. The number of nitrogens with two attached hydrogens (primary N) is 1. The number of aromatic nitrogens is 2. The SMILES string of the molecule is Cn1cc(C(NN)c2ccc(Cl)cc2Br)cn1. The molecule has 90 valence electrons. The highest BCUT2D eigenvalue weighted by Crippen LogP contribution is 2.29. The lowest BCUT2D eigenvalue weighted by Crippen LogP contribution is -2.28.